The van der Waals surface area contributed by atoms with Gasteiger partial charge >= 0.3 is 0 Å². The Hall–Kier alpha value is -0.0800. The number of hydrazine groups is 1. The van der Waals surface area contributed by atoms with E-state index in [-0.39, 0.29) is 0 Å². The molecule has 0 N–H and O–H groups in total. The van der Waals surface area contributed by atoms with E-state index in [2.05, 4.69) is 44.6 Å². The number of hydrogen-bond acceptors (Lipinski definition) is 2. The van der Waals surface area contributed by atoms with Crippen molar-refractivity contribution in [1.29, 1.82) is 0 Å². The van der Waals surface area contributed by atoms with Crippen LogP contribution in [0.3, 0.4) is 0 Å². The summed E-state index contributed by atoms with van der Waals surface area (Å²) in [5, 5.41) is 5.35. The summed E-state index contributed by atoms with van der Waals surface area (Å²) in [6, 6.07) is 1.50. The molecule has 2 heteroatoms. The van der Waals surface area contributed by atoms with Gasteiger partial charge < -0.3 is 0 Å². The van der Waals surface area contributed by atoms with Crippen molar-refractivity contribution in [2.45, 2.75) is 72.4 Å². The van der Waals surface area contributed by atoms with Crippen LogP contribution in [0.1, 0.15) is 60.3 Å². The summed E-state index contributed by atoms with van der Waals surface area (Å²) < 4.78 is 0. The molecule has 2 aliphatic heterocycles. The Morgan fingerprint density at radius 2 is 1.76 bits per heavy atom. The summed E-state index contributed by atoms with van der Waals surface area (Å²) in [6.45, 7) is 14.4. The molecule has 0 radical (unpaired) electrons. The van der Waals surface area contributed by atoms with Crippen LogP contribution in [0, 0.1) is 11.3 Å². The highest BCUT2D eigenvalue weighted by atomic mass is 15.6. The summed E-state index contributed by atoms with van der Waals surface area (Å²) in [6.07, 6.45) is 5.64. The normalized spacial score (nSPS) is 32.8. The lowest BCUT2D eigenvalue weighted by Crippen LogP contribution is -2.59. The minimum Gasteiger partial charge on any atom is -0.239 e. The van der Waals surface area contributed by atoms with Gasteiger partial charge in [-0.3, -0.25) is 0 Å². The number of nitrogens with zero attached hydrogens (tertiary/aromatic N) is 2. The number of fused-ring (bicyclic) bond motifs is 1. The van der Waals surface area contributed by atoms with Gasteiger partial charge in [0, 0.05) is 25.2 Å². The molecule has 0 aromatic carbocycles. The number of rotatable bonds is 1. The van der Waals surface area contributed by atoms with Gasteiger partial charge in [-0.05, 0) is 50.9 Å². The fourth-order valence-electron chi connectivity index (χ4n) is 3.50. The zero-order chi connectivity index (χ0) is 12.6. The highest BCUT2D eigenvalue weighted by molar-refractivity contribution is 4.88. The van der Waals surface area contributed by atoms with Gasteiger partial charge in [-0.15, -0.1) is 0 Å². The lowest BCUT2D eigenvalue weighted by atomic mass is 9.74. The van der Waals surface area contributed by atoms with Crippen molar-refractivity contribution in [3.05, 3.63) is 0 Å². The van der Waals surface area contributed by atoms with Gasteiger partial charge in [0.05, 0.1) is 0 Å². The van der Waals surface area contributed by atoms with Crippen molar-refractivity contribution < 1.29 is 0 Å². The minimum absolute atomic E-state index is 0.463. The van der Waals surface area contributed by atoms with Gasteiger partial charge in [0.25, 0.3) is 0 Å². The second kappa shape index (κ2) is 4.89. The van der Waals surface area contributed by atoms with Crippen LogP contribution in [0.15, 0.2) is 0 Å². The van der Waals surface area contributed by atoms with Crippen molar-refractivity contribution in [2.24, 2.45) is 11.3 Å². The molecule has 100 valence electrons. The lowest BCUT2D eigenvalue weighted by Gasteiger charge is -2.52. The Balaban J connectivity index is 2.08. The second-order valence-corrected chi connectivity index (χ2v) is 7.32. The summed E-state index contributed by atoms with van der Waals surface area (Å²) in [5.74, 6) is 0.859. The van der Waals surface area contributed by atoms with Gasteiger partial charge in [0.2, 0.25) is 0 Å². The molecule has 0 bridgehead atoms. The summed E-state index contributed by atoms with van der Waals surface area (Å²) in [7, 11) is 0. The van der Waals surface area contributed by atoms with Crippen LogP contribution in [-0.2, 0) is 0 Å². The van der Waals surface area contributed by atoms with E-state index < -0.39 is 0 Å². The third-order valence-electron chi connectivity index (χ3n) is 4.75. The zero-order valence-electron chi connectivity index (χ0n) is 12.4. The molecule has 2 rings (SSSR count). The highest BCUT2D eigenvalue weighted by Gasteiger charge is 2.38. The maximum Gasteiger partial charge on any atom is 0.0246 e. The van der Waals surface area contributed by atoms with Crippen LogP contribution >= 0.6 is 0 Å². The van der Waals surface area contributed by atoms with Crippen LogP contribution in [0.2, 0.25) is 0 Å². The molecule has 0 aromatic heterocycles. The summed E-state index contributed by atoms with van der Waals surface area (Å²) >= 11 is 0. The van der Waals surface area contributed by atoms with E-state index >= 15 is 0 Å². The molecule has 17 heavy (non-hydrogen) atoms. The van der Waals surface area contributed by atoms with Crippen LogP contribution in [-0.4, -0.2) is 35.2 Å². The van der Waals surface area contributed by atoms with E-state index in [1.807, 2.05) is 0 Å². The van der Waals surface area contributed by atoms with E-state index in [1.54, 1.807) is 0 Å². The Kier molecular flexibility index (Phi) is 3.84. The molecule has 0 amide bonds. The first-order valence-corrected chi connectivity index (χ1v) is 7.43. The Morgan fingerprint density at radius 1 is 1.06 bits per heavy atom. The SMILES string of the molecule is CC(C)N1CCCC2CCC(C(C)(C)C)CN21. The predicted octanol–water partition coefficient (Wildman–Crippen LogP) is 3.53. The Labute approximate surface area is 107 Å². The molecule has 2 heterocycles. The first-order valence-electron chi connectivity index (χ1n) is 7.43. The van der Waals surface area contributed by atoms with Crippen molar-refractivity contribution in [3.63, 3.8) is 0 Å². The molecule has 2 unspecified atom stereocenters. The molecule has 2 atom stereocenters. The molecule has 0 aliphatic carbocycles. The average Bonchev–Trinajstić information content (AvgIpc) is 2.26. The predicted molar refractivity (Wildman–Crippen MR) is 73.7 cm³/mol. The van der Waals surface area contributed by atoms with Gasteiger partial charge in [-0.1, -0.05) is 20.8 Å². The van der Waals surface area contributed by atoms with E-state index in [9.17, 15) is 0 Å². The van der Waals surface area contributed by atoms with Crippen molar-refractivity contribution >= 4 is 0 Å². The van der Waals surface area contributed by atoms with Gasteiger partial charge in [-0.2, -0.15) is 0 Å². The molecule has 0 saturated carbocycles. The first-order chi connectivity index (χ1) is 7.89. The summed E-state index contributed by atoms with van der Waals surface area (Å²) in [4.78, 5) is 0. The molecule has 2 saturated heterocycles. The second-order valence-electron chi connectivity index (χ2n) is 7.32. The number of hydrogen-bond donors (Lipinski definition) is 0. The fraction of sp³-hybridized carbons (Fsp3) is 1.00. The standard InChI is InChI=1S/C15H30N2/c1-12(2)16-10-6-7-14-9-8-13(11-17(14)16)15(3,4)5/h12-14H,6-11H2,1-5H3. The van der Waals surface area contributed by atoms with E-state index in [0.717, 1.165) is 12.0 Å². The van der Waals surface area contributed by atoms with Crippen LogP contribution in [0.25, 0.3) is 0 Å². The van der Waals surface area contributed by atoms with Gasteiger partial charge in [0.15, 0.2) is 0 Å². The lowest BCUT2D eigenvalue weighted by molar-refractivity contribution is -0.146. The van der Waals surface area contributed by atoms with E-state index in [4.69, 9.17) is 0 Å². The maximum absolute atomic E-state index is 2.72. The van der Waals surface area contributed by atoms with E-state index in [0.29, 0.717) is 11.5 Å². The van der Waals surface area contributed by atoms with Crippen molar-refractivity contribution in [1.82, 2.24) is 10.0 Å². The highest BCUT2D eigenvalue weighted by Crippen LogP contribution is 2.38. The largest absolute Gasteiger partial charge is 0.239 e. The van der Waals surface area contributed by atoms with E-state index in [1.165, 1.54) is 38.8 Å². The van der Waals surface area contributed by atoms with Crippen LogP contribution in [0.4, 0.5) is 0 Å². The number of piperidine rings is 1. The maximum atomic E-state index is 2.72. The fourth-order valence-corrected chi connectivity index (χ4v) is 3.50. The van der Waals surface area contributed by atoms with Crippen LogP contribution < -0.4 is 0 Å². The topological polar surface area (TPSA) is 6.48 Å². The first kappa shape index (κ1) is 13.4. The Bertz CT molecular complexity index is 254. The van der Waals surface area contributed by atoms with Crippen LogP contribution in [0.5, 0.6) is 0 Å². The molecular weight excluding hydrogens is 208 g/mol. The van der Waals surface area contributed by atoms with Crippen molar-refractivity contribution in [3.8, 4) is 0 Å². The van der Waals surface area contributed by atoms with Gasteiger partial charge in [-0.25, -0.2) is 10.0 Å². The summed E-state index contributed by atoms with van der Waals surface area (Å²) in [5.41, 5.74) is 0.463. The molecule has 0 spiro atoms. The molecule has 2 fully saturated rings. The monoisotopic (exact) mass is 238 g/mol. The van der Waals surface area contributed by atoms with Crippen molar-refractivity contribution in [2.75, 3.05) is 13.1 Å². The molecule has 2 aliphatic rings. The Morgan fingerprint density at radius 3 is 2.35 bits per heavy atom. The minimum atomic E-state index is 0.463. The zero-order valence-corrected chi connectivity index (χ0v) is 12.4. The van der Waals surface area contributed by atoms with Gasteiger partial charge in [0.1, 0.15) is 0 Å². The quantitative estimate of drug-likeness (QED) is 0.689. The molecule has 0 aromatic rings. The molecule has 2 nitrogen and oxygen atoms in total. The smallest absolute Gasteiger partial charge is 0.0246 e. The third kappa shape index (κ3) is 2.85. The average molecular weight is 238 g/mol. The third-order valence-corrected chi connectivity index (χ3v) is 4.75. The molecular formula is C15H30N2.